The number of nitrogens with zero attached hydrogens (tertiary/aromatic N) is 2. The van der Waals surface area contributed by atoms with Crippen LogP contribution in [0.3, 0.4) is 0 Å². The smallest absolute Gasteiger partial charge is 0.249 e. The highest BCUT2D eigenvalue weighted by molar-refractivity contribution is 6.02. The molecule has 1 N–H and O–H groups in total. The first-order chi connectivity index (χ1) is 9.96. The predicted octanol–water partition coefficient (Wildman–Crippen LogP) is 1.63. The number of aromatic nitrogens is 1. The van der Waals surface area contributed by atoms with Gasteiger partial charge < -0.3 is 10.2 Å². The Morgan fingerprint density at radius 2 is 2.00 bits per heavy atom. The summed E-state index contributed by atoms with van der Waals surface area (Å²) in [6, 6.07) is 3.78. The Morgan fingerprint density at radius 1 is 1.29 bits per heavy atom. The molecule has 1 aliphatic heterocycles. The third-order valence-electron chi connectivity index (χ3n) is 4.76. The van der Waals surface area contributed by atoms with Crippen molar-refractivity contribution >= 4 is 11.8 Å². The Balaban J connectivity index is 1.94. The molecule has 112 valence electrons. The van der Waals surface area contributed by atoms with Gasteiger partial charge in [-0.05, 0) is 38.3 Å². The summed E-state index contributed by atoms with van der Waals surface area (Å²) in [5.74, 6) is -0.0126. The fraction of sp³-hybridized carbons (Fsp3) is 0.562. The van der Waals surface area contributed by atoms with Gasteiger partial charge in [0.05, 0.1) is 0 Å². The molecule has 0 radical (unpaired) electrons. The van der Waals surface area contributed by atoms with E-state index in [9.17, 15) is 9.59 Å². The summed E-state index contributed by atoms with van der Waals surface area (Å²) < 4.78 is 0. The minimum Gasteiger partial charge on any atom is -0.340 e. The lowest BCUT2D eigenvalue weighted by atomic mass is 9.85. The largest absolute Gasteiger partial charge is 0.340 e. The van der Waals surface area contributed by atoms with Gasteiger partial charge in [-0.2, -0.15) is 0 Å². The molecule has 0 atom stereocenters. The molecule has 1 saturated carbocycles. The average Bonchev–Trinajstić information content (AvgIpc) is 2.93. The van der Waals surface area contributed by atoms with E-state index in [0.29, 0.717) is 6.54 Å². The molecular weight excluding hydrogens is 266 g/mol. The molecule has 1 aliphatic carbocycles. The van der Waals surface area contributed by atoms with Crippen LogP contribution >= 0.6 is 0 Å². The van der Waals surface area contributed by atoms with E-state index in [1.807, 2.05) is 12.1 Å². The van der Waals surface area contributed by atoms with Crippen LogP contribution in [0, 0.1) is 0 Å². The molecule has 2 fully saturated rings. The van der Waals surface area contributed by atoms with Crippen LogP contribution in [0.25, 0.3) is 0 Å². The minimum absolute atomic E-state index is 0.0495. The topological polar surface area (TPSA) is 62.3 Å². The summed E-state index contributed by atoms with van der Waals surface area (Å²) in [4.78, 5) is 31.3. The molecule has 21 heavy (non-hydrogen) atoms. The van der Waals surface area contributed by atoms with Crippen molar-refractivity contribution in [3.8, 4) is 0 Å². The van der Waals surface area contributed by atoms with E-state index in [1.54, 1.807) is 31.1 Å². The van der Waals surface area contributed by atoms with E-state index >= 15 is 0 Å². The molecule has 0 unspecified atom stereocenters. The molecule has 3 rings (SSSR count). The van der Waals surface area contributed by atoms with Crippen molar-refractivity contribution in [3.05, 3.63) is 30.1 Å². The average molecular weight is 287 g/mol. The lowest BCUT2D eigenvalue weighted by molar-refractivity contribution is -0.161. The van der Waals surface area contributed by atoms with Crippen molar-refractivity contribution in [2.24, 2.45) is 0 Å². The van der Waals surface area contributed by atoms with Crippen LogP contribution in [0.15, 0.2) is 24.5 Å². The summed E-state index contributed by atoms with van der Waals surface area (Å²) in [6.45, 7) is 4.03. The lowest BCUT2D eigenvalue weighted by Crippen LogP contribution is -2.73. The second kappa shape index (κ2) is 4.83. The molecule has 1 aromatic rings. The van der Waals surface area contributed by atoms with Gasteiger partial charge in [-0.3, -0.25) is 14.6 Å². The van der Waals surface area contributed by atoms with Crippen molar-refractivity contribution in [2.75, 3.05) is 0 Å². The summed E-state index contributed by atoms with van der Waals surface area (Å²) in [7, 11) is 0. The van der Waals surface area contributed by atoms with E-state index in [4.69, 9.17) is 0 Å². The van der Waals surface area contributed by atoms with Crippen LogP contribution in [0.2, 0.25) is 0 Å². The fourth-order valence-corrected chi connectivity index (χ4v) is 3.32. The number of amides is 2. The van der Waals surface area contributed by atoms with Crippen molar-refractivity contribution in [2.45, 2.75) is 57.2 Å². The molecule has 0 aromatic carbocycles. The predicted molar refractivity (Wildman–Crippen MR) is 78.2 cm³/mol. The number of hydrogen-bond donors (Lipinski definition) is 1. The molecule has 2 amide bonds. The Bertz CT molecular complexity index is 562. The molecule has 1 spiro atoms. The van der Waals surface area contributed by atoms with Crippen LogP contribution in [0.1, 0.15) is 45.1 Å². The number of pyridine rings is 1. The van der Waals surface area contributed by atoms with Gasteiger partial charge in [0, 0.05) is 18.9 Å². The maximum atomic E-state index is 13.0. The number of rotatable bonds is 2. The normalized spacial score (nSPS) is 23.4. The fourth-order valence-electron chi connectivity index (χ4n) is 3.32. The van der Waals surface area contributed by atoms with Gasteiger partial charge in [-0.25, -0.2) is 0 Å². The molecule has 2 aliphatic rings. The Labute approximate surface area is 124 Å². The first-order valence-corrected chi connectivity index (χ1v) is 7.49. The molecule has 2 heterocycles. The highest BCUT2D eigenvalue weighted by Crippen LogP contribution is 2.37. The quantitative estimate of drug-likeness (QED) is 0.899. The van der Waals surface area contributed by atoms with Crippen molar-refractivity contribution in [1.29, 1.82) is 0 Å². The Hall–Kier alpha value is -1.91. The zero-order valence-corrected chi connectivity index (χ0v) is 12.6. The molecule has 1 saturated heterocycles. The highest BCUT2D eigenvalue weighted by atomic mass is 16.2. The van der Waals surface area contributed by atoms with Gasteiger partial charge in [-0.15, -0.1) is 0 Å². The van der Waals surface area contributed by atoms with Gasteiger partial charge in [0.25, 0.3) is 0 Å². The van der Waals surface area contributed by atoms with Crippen LogP contribution in [-0.2, 0) is 16.1 Å². The maximum Gasteiger partial charge on any atom is 0.249 e. The van der Waals surface area contributed by atoms with Crippen LogP contribution in [0.4, 0.5) is 0 Å². The number of nitrogens with one attached hydrogen (secondary N) is 1. The first-order valence-electron chi connectivity index (χ1n) is 7.49. The number of hydrogen-bond acceptors (Lipinski definition) is 3. The van der Waals surface area contributed by atoms with Gasteiger partial charge in [-0.1, -0.05) is 18.9 Å². The maximum absolute atomic E-state index is 13.0. The van der Waals surface area contributed by atoms with Crippen molar-refractivity contribution in [1.82, 2.24) is 15.2 Å². The van der Waals surface area contributed by atoms with Gasteiger partial charge in [0.1, 0.15) is 11.1 Å². The second-order valence-electron chi connectivity index (χ2n) is 6.55. The number of carbonyl (C=O) groups is 2. The van der Waals surface area contributed by atoms with Crippen LogP contribution in [0.5, 0.6) is 0 Å². The second-order valence-corrected chi connectivity index (χ2v) is 6.55. The van der Waals surface area contributed by atoms with E-state index < -0.39 is 11.1 Å². The summed E-state index contributed by atoms with van der Waals surface area (Å²) in [5.41, 5.74) is -0.558. The van der Waals surface area contributed by atoms with Gasteiger partial charge >= 0.3 is 0 Å². The summed E-state index contributed by atoms with van der Waals surface area (Å²) >= 11 is 0. The molecule has 1 aromatic heterocycles. The SMILES string of the molecule is CC1(C)C(=O)NC2(CCCC2)C(=O)N1Cc1cccnc1. The van der Waals surface area contributed by atoms with Gasteiger partial charge in [0.2, 0.25) is 11.8 Å². The number of piperazine rings is 1. The molecule has 0 bridgehead atoms. The standard InChI is InChI=1S/C16H21N3O2/c1-15(2)13(20)18-16(7-3-4-8-16)14(21)19(15)11-12-6-5-9-17-10-12/h5-6,9-10H,3-4,7-8,11H2,1-2H3,(H,18,20). The monoisotopic (exact) mass is 287 g/mol. The van der Waals surface area contributed by atoms with E-state index in [1.165, 1.54) is 0 Å². The van der Waals surface area contributed by atoms with Crippen LogP contribution in [-0.4, -0.2) is 32.8 Å². The third-order valence-corrected chi connectivity index (χ3v) is 4.76. The molecular formula is C16H21N3O2. The van der Waals surface area contributed by atoms with E-state index in [-0.39, 0.29) is 11.8 Å². The van der Waals surface area contributed by atoms with Crippen molar-refractivity contribution < 1.29 is 9.59 Å². The Kier molecular flexibility index (Phi) is 3.23. The molecule has 5 nitrogen and oxygen atoms in total. The highest BCUT2D eigenvalue weighted by Gasteiger charge is 2.55. The van der Waals surface area contributed by atoms with Crippen LogP contribution < -0.4 is 5.32 Å². The third kappa shape index (κ3) is 2.20. The first kappa shape index (κ1) is 14.0. The lowest BCUT2D eigenvalue weighted by Gasteiger charge is -2.48. The number of carbonyl (C=O) groups excluding carboxylic acids is 2. The zero-order valence-electron chi connectivity index (χ0n) is 12.6. The Morgan fingerprint density at radius 3 is 2.62 bits per heavy atom. The molecule has 5 heteroatoms. The van der Waals surface area contributed by atoms with Gasteiger partial charge in [0.15, 0.2) is 0 Å². The van der Waals surface area contributed by atoms with Crippen molar-refractivity contribution in [3.63, 3.8) is 0 Å². The summed E-state index contributed by atoms with van der Waals surface area (Å²) in [5, 5.41) is 3.00. The zero-order chi connectivity index (χ0) is 15.1. The summed E-state index contributed by atoms with van der Waals surface area (Å²) in [6.07, 6.45) is 6.93. The van der Waals surface area contributed by atoms with E-state index in [2.05, 4.69) is 10.3 Å². The van der Waals surface area contributed by atoms with E-state index in [0.717, 1.165) is 31.2 Å². The minimum atomic E-state index is -0.833.